The summed E-state index contributed by atoms with van der Waals surface area (Å²) >= 11 is 0. The van der Waals surface area contributed by atoms with E-state index in [0.29, 0.717) is 0 Å². The minimum atomic E-state index is 0.786. The van der Waals surface area contributed by atoms with E-state index in [4.69, 9.17) is 0 Å². The summed E-state index contributed by atoms with van der Waals surface area (Å²) in [6, 6.07) is 4.91. The molecule has 0 N–H and O–H groups in total. The Labute approximate surface area is 426 Å². The van der Waals surface area contributed by atoms with E-state index in [2.05, 4.69) is 126 Å². The molecule has 0 radical (unpaired) electrons. The van der Waals surface area contributed by atoms with Gasteiger partial charge in [0.15, 0.2) is 0 Å². The number of rotatable bonds is 27. The van der Waals surface area contributed by atoms with Crippen LogP contribution in [0.5, 0.6) is 0 Å². The van der Waals surface area contributed by atoms with Crippen LogP contribution in [-0.4, -0.2) is 0 Å². The Morgan fingerprint density at radius 3 is 1.58 bits per heavy atom. The minimum absolute atomic E-state index is 0.786. The fourth-order valence-electron chi connectivity index (χ4n) is 9.31. The van der Waals surface area contributed by atoms with Gasteiger partial charge in [-0.3, -0.25) is 0 Å². The van der Waals surface area contributed by atoms with Crippen LogP contribution in [0.2, 0.25) is 0 Å². The van der Waals surface area contributed by atoms with E-state index >= 15 is 0 Å². The van der Waals surface area contributed by atoms with Crippen molar-refractivity contribution in [3.05, 3.63) is 75.4 Å². The highest BCUT2D eigenvalue weighted by atomic mass is 14.3. The Balaban J connectivity index is -0.000000934. The van der Waals surface area contributed by atoms with E-state index in [0.717, 1.165) is 47.8 Å². The lowest BCUT2D eigenvalue weighted by Gasteiger charge is -2.28. The molecule has 4 atom stereocenters. The molecular formula is C67H126. The normalized spacial score (nSPS) is 16.7. The van der Waals surface area contributed by atoms with Crippen LogP contribution in [-0.2, 0) is 0 Å². The summed E-state index contributed by atoms with van der Waals surface area (Å²) in [6.45, 7) is 46.1. The molecule has 0 heteroatoms. The van der Waals surface area contributed by atoms with Crippen molar-refractivity contribution < 1.29 is 0 Å². The summed E-state index contributed by atoms with van der Waals surface area (Å²) in [5, 5.41) is 0. The highest BCUT2D eigenvalue weighted by molar-refractivity contribution is 5.71. The molecule has 1 aromatic rings. The first-order chi connectivity index (χ1) is 32.4. The molecule has 0 amide bonds. The molecule has 0 aliphatic heterocycles. The molecule has 3 fully saturated rings. The average molecular weight is 932 g/mol. The van der Waals surface area contributed by atoms with Crippen LogP contribution < -0.4 is 0 Å². The predicted octanol–water partition coefficient (Wildman–Crippen LogP) is 24.3. The van der Waals surface area contributed by atoms with Gasteiger partial charge in [-0.05, 0) is 153 Å². The number of hydrogen-bond acceptors (Lipinski definition) is 0. The van der Waals surface area contributed by atoms with E-state index < -0.39 is 0 Å². The van der Waals surface area contributed by atoms with Gasteiger partial charge >= 0.3 is 0 Å². The first kappa shape index (κ1) is 69.4. The quantitative estimate of drug-likeness (QED) is 0.0609. The van der Waals surface area contributed by atoms with E-state index in [9.17, 15) is 0 Å². The SMILES string of the molecule is CC.CC.CC.CC.CCC/C=C(/C=C(/C)c1cc(C2CCC2)c(C)cc1C)C(\C)=C\C=C(\CC)C1CC1.CCCC(CCC(C)CC)CC1CC1.CCCCCC(CCC)CCC(C)CC. The zero-order valence-electron chi connectivity index (χ0n) is 50.2. The molecule has 0 heterocycles. The third-order valence-corrected chi connectivity index (χ3v) is 14.6. The zero-order chi connectivity index (χ0) is 51.6. The van der Waals surface area contributed by atoms with Crippen LogP contribution in [0.15, 0.2) is 53.2 Å². The summed E-state index contributed by atoms with van der Waals surface area (Å²) < 4.78 is 0. The molecule has 0 spiro atoms. The van der Waals surface area contributed by atoms with Crippen LogP contribution >= 0.6 is 0 Å². The first-order valence-electron chi connectivity index (χ1n) is 30.3. The summed E-state index contributed by atoms with van der Waals surface area (Å²) in [5.74, 6) is 6.75. The van der Waals surface area contributed by atoms with Crippen LogP contribution in [0.25, 0.3) is 5.57 Å². The Hall–Kier alpha value is -1.82. The molecule has 67 heavy (non-hydrogen) atoms. The van der Waals surface area contributed by atoms with E-state index in [1.165, 1.54) is 181 Å². The molecule has 3 aliphatic carbocycles. The maximum atomic E-state index is 2.50. The van der Waals surface area contributed by atoms with Crippen molar-refractivity contribution in [3.63, 3.8) is 0 Å². The largest absolute Gasteiger partial charge is 0.0770 e. The third kappa shape index (κ3) is 33.4. The molecule has 4 rings (SSSR count). The molecule has 1 aromatic carbocycles. The van der Waals surface area contributed by atoms with Crippen LogP contribution in [0.3, 0.4) is 0 Å². The van der Waals surface area contributed by atoms with E-state index in [1.54, 1.807) is 17.6 Å². The maximum Gasteiger partial charge on any atom is -0.0159 e. The number of unbranched alkanes of at least 4 members (excludes halogenated alkanes) is 3. The summed E-state index contributed by atoms with van der Waals surface area (Å²) in [4.78, 5) is 0. The van der Waals surface area contributed by atoms with Crippen molar-refractivity contribution in [3.8, 4) is 0 Å². The van der Waals surface area contributed by atoms with Crippen molar-refractivity contribution in [1.29, 1.82) is 0 Å². The fraction of sp³-hybridized carbons (Fsp3) is 0.791. The van der Waals surface area contributed by atoms with Crippen LogP contribution in [0.1, 0.15) is 320 Å². The molecule has 0 saturated heterocycles. The lowest BCUT2D eigenvalue weighted by molar-refractivity contribution is 0.349. The van der Waals surface area contributed by atoms with Crippen molar-refractivity contribution >= 4 is 5.57 Å². The number of benzene rings is 1. The Bertz CT molecular complexity index is 1370. The standard InChI is InChI=1S/C30H42.C15H32.C14H28.4C2H6/c1-7-9-11-28(21(3)14-15-25(8-2)26-16-17-26)19-24(6)29-20-30(27-12-10-13-27)23(5)18-22(29)4;1-5-8-9-11-15(10-6-2)13-12-14(4)7-3;1-4-6-13(11-14-9-10-14)8-7-12(3)5-2;4*1-2/h11,14-15,18-20,26-27H,7-10,12-13,16-17H2,1-6H3;14-15H,5-13H2,1-4H3;12-14H,4-11H2,1-3H3;4*1-2H3/b21-14+,24-19-,25-15-,28-11-;;;;;;. The predicted molar refractivity (Wildman–Crippen MR) is 315 cm³/mol. The van der Waals surface area contributed by atoms with Gasteiger partial charge in [0.25, 0.3) is 0 Å². The number of hydrogen-bond donors (Lipinski definition) is 0. The first-order valence-corrected chi connectivity index (χ1v) is 30.3. The van der Waals surface area contributed by atoms with Gasteiger partial charge in [0.05, 0.1) is 0 Å². The smallest absolute Gasteiger partial charge is 0.0159 e. The van der Waals surface area contributed by atoms with Gasteiger partial charge in [0, 0.05) is 0 Å². The number of aryl methyl sites for hydroxylation is 2. The minimum Gasteiger partial charge on any atom is -0.0770 e. The lowest BCUT2D eigenvalue weighted by Crippen LogP contribution is -2.11. The molecule has 0 bridgehead atoms. The van der Waals surface area contributed by atoms with Crippen molar-refractivity contribution in [2.24, 2.45) is 35.5 Å². The van der Waals surface area contributed by atoms with Gasteiger partial charge < -0.3 is 0 Å². The molecule has 4 unspecified atom stereocenters. The summed E-state index contributed by atoms with van der Waals surface area (Å²) in [7, 11) is 0. The average Bonchev–Trinajstić information content (AvgIpc) is 4.29. The van der Waals surface area contributed by atoms with Gasteiger partial charge in [-0.2, -0.15) is 0 Å². The van der Waals surface area contributed by atoms with E-state index in [-0.39, 0.29) is 0 Å². The molecular weight excluding hydrogens is 805 g/mol. The topological polar surface area (TPSA) is 0 Å². The van der Waals surface area contributed by atoms with Gasteiger partial charge in [0.2, 0.25) is 0 Å². The number of allylic oxidation sites excluding steroid dienone is 8. The van der Waals surface area contributed by atoms with Crippen molar-refractivity contribution in [1.82, 2.24) is 0 Å². The highest BCUT2D eigenvalue weighted by Crippen LogP contribution is 2.41. The molecule has 394 valence electrons. The van der Waals surface area contributed by atoms with Gasteiger partial charge in [-0.15, -0.1) is 0 Å². The molecule has 0 aromatic heterocycles. The Morgan fingerprint density at radius 1 is 0.582 bits per heavy atom. The zero-order valence-corrected chi connectivity index (χ0v) is 50.2. The second-order valence-corrected chi connectivity index (χ2v) is 20.3. The third-order valence-electron chi connectivity index (χ3n) is 14.6. The van der Waals surface area contributed by atoms with Crippen molar-refractivity contribution in [2.45, 2.75) is 312 Å². The second kappa shape index (κ2) is 46.6. The maximum absolute atomic E-state index is 2.50. The molecule has 0 nitrogen and oxygen atoms in total. The van der Waals surface area contributed by atoms with Gasteiger partial charge in [-0.25, -0.2) is 0 Å². The highest BCUT2D eigenvalue weighted by Gasteiger charge is 2.26. The molecule has 3 saturated carbocycles. The summed E-state index contributed by atoms with van der Waals surface area (Å²) in [5.41, 5.74) is 11.7. The van der Waals surface area contributed by atoms with Crippen LogP contribution in [0, 0.1) is 49.4 Å². The van der Waals surface area contributed by atoms with Gasteiger partial charge in [-0.1, -0.05) is 275 Å². The lowest BCUT2D eigenvalue weighted by atomic mass is 9.77. The second-order valence-electron chi connectivity index (χ2n) is 20.3. The monoisotopic (exact) mass is 931 g/mol. The van der Waals surface area contributed by atoms with Gasteiger partial charge in [0.1, 0.15) is 0 Å². The fourth-order valence-corrected chi connectivity index (χ4v) is 9.31. The Kier molecular flexibility index (Phi) is 48.3. The summed E-state index contributed by atoms with van der Waals surface area (Å²) in [6.07, 6.45) is 44.7. The van der Waals surface area contributed by atoms with E-state index in [1.807, 2.05) is 55.4 Å². The Morgan fingerprint density at radius 2 is 1.13 bits per heavy atom. The van der Waals surface area contributed by atoms with Crippen molar-refractivity contribution in [2.75, 3.05) is 0 Å². The van der Waals surface area contributed by atoms with Crippen LogP contribution in [0.4, 0.5) is 0 Å². The molecule has 3 aliphatic rings.